The van der Waals surface area contributed by atoms with Gasteiger partial charge in [-0.15, -0.1) is 0 Å². The molecule has 196 valence electrons. The lowest BCUT2D eigenvalue weighted by Crippen LogP contribution is -2.49. The maximum atomic E-state index is 13.6. The summed E-state index contributed by atoms with van der Waals surface area (Å²) in [5.74, 6) is -2.17. The van der Waals surface area contributed by atoms with Crippen LogP contribution < -0.4 is 0 Å². The van der Waals surface area contributed by atoms with Crippen molar-refractivity contribution in [1.82, 2.24) is 4.90 Å². The summed E-state index contributed by atoms with van der Waals surface area (Å²) in [6.45, 7) is 0.394. The van der Waals surface area contributed by atoms with Crippen molar-refractivity contribution >= 4 is 24.1 Å². The van der Waals surface area contributed by atoms with E-state index in [-0.39, 0.29) is 12.4 Å². The fourth-order valence-electron chi connectivity index (χ4n) is 3.53. The molecule has 1 amide bonds. The zero-order chi connectivity index (χ0) is 27.2. The van der Waals surface area contributed by atoms with Gasteiger partial charge in [0.25, 0.3) is 0 Å². The molecule has 0 aliphatic rings. The molecule has 12 nitrogen and oxygen atoms in total. The van der Waals surface area contributed by atoms with Crippen LogP contribution in [0, 0.1) is 0 Å². The van der Waals surface area contributed by atoms with Crippen molar-refractivity contribution in [1.29, 1.82) is 0 Å². The molecule has 0 saturated heterocycles. The van der Waals surface area contributed by atoms with Crippen molar-refractivity contribution in [2.24, 2.45) is 5.11 Å². The average Bonchev–Trinajstić information content (AvgIpc) is 2.92. The highest BCUT2D eigenvalue weighted by Crippen LogP contribution is 2.27. The molecule has 2 aromatic carbocycles. The van der Waals surface area contributed by atoms with Crippen LogP contribution in [-0.2, 0) is 33.3 Å². The lowest BCUT2D eigenvalue weighted by atomic mass is 9.99. The Kier molecular flexibility index (Phi) is 11.7. The Labute approximate surface area is 213 Å². The summed E-state index contributed by atoms with van der Waals surface area (Å²) in [6, 6.07) is 14.0. The SMILES string of the molecule is COCO[C@H](COC(=O)c1ccccc1)[C@H](N=[N+]=[N-])C(=O)N(C)[C@H](c1ccccc1)[C@H](C=O)OC(C)=O. The van der Waals surface area contributed by atoms with Crippen LogP contribution >= 0.6 is 0 Å². The van der Waals surface area contributed by atoms with E-state index in [2.05, 4.69) is 10.0 Å². The van der Waals surface area contributed by atoms with Crippen LogP contribution in [0.4, 0.5) is 0 Å². The zero-order valence-corrected chi connectivity index (χ0v) is 20.6. The molecule has 0 aliphatic carbocycles. The predicted molar refractivity (Wildman–Crippen MR) is 130 cm³/mol. The van der Waals surface area contributed by atoms with Gasteiger partial charge in [0.15, 0.2) is 12.4 Å². The molecule has 0 unspecified atom stereocenters. The number of methoxy groups -OCH3 is 1. The van der Waals surface area contributed by atoms with Crippen LogP contribution in [0.2, 0.25) is 0 Å². The number of ether oxygens (including phenoxy) is 4. The molecule has 4 atom stereocenters. The van der Waals surface area contributed by atoms with Crippen LogP contribution in [0.3, 0.4) is 0 Å². The lowest BCUT2D eigenvalue weighted by molar-refractivity contribution is -0.158. The number of amides is 1. The van der Waals surface area contributed by atoms with Crippen LogP contribution in [0.25, 0.3) is 10.4 Å². The largest absolute Gasteiger partial charge is 0.459 e. The van der Waals surface area contributed by atoms with E-state index in [9.17, 15) is 24.7 Å². The highest BCUT2D eigenvalue weighted by atomic mass is 16.7. The Bertz CT molecular complexity index is 1090. The fourth-order valence-corrected chi connectivity index (χ4v) is 3.53. The predicted octanol–water partition coefficient (Wildman–Crippen LogP) is 2.84. The third-order valence-electron chi connectivity index (χ3n) is 5.22. The monoisotopic (exact) mass is 512 g/mol. The number of carbonyl (C=O) groups excluding carboxylic acids is 4. The van der Waals surface area contributed by atoms with E-state index in [0.29, 0.717) is 11.8 Å². The Morgan fingerprint density at radius 3 is 2.24 bits per heavy atom. The minimum absolute atomic E-state index is 0.274. The van der Waals surface area contributed by atoms with Gasteiger partial charge >= 0.3 is 11.9 Å². The number of likely N-dealkylation sites (N-methyl/N-ethyl adjacent to an activating group) is 1. The first-order valence-electron chi connectivity index (χ1n) is 11.1. The molecule has 0 bridgehead atoms. The highest BCUT2D eigenvalue weighted by Gasteiger charge is 2.38. The van der Waals surface area contributed by atoms with E-state index in [4.69, 9.17) is 18.9 Å². The van der Waals surface area contributed by atoms with Crippen LogP contribution in [0.15, 0.2) is 65.8 Å². The van der Waals surface area contributed by atoms with Gasteiger partial charge in [0.05, 0.1) is 5.56 Å². The van der Waals surface area contributed by atoms with Gasteiger partial charge < -0.3 is 23.8 Å². The lowest BCUT2D eigenvalue weighted by Gasteiger charge is -2.34. The van der Waals surface area contributed by atoms with Crippen molar-refractivity contribution in [2.75, 3.05) is 27.6 Å². The van der Waals surface area contributed by atoms with E-state index in [1.807, 2.05) is 0 Å². The van der Waals surface area contributed by atoms with E-state index < -0.39 is 48.7 Å². The number of carbonyl (C=O) groups is 4. The average molecular weight is 513 g/mol. The summed E-state index contributed by atoms with van der Waals surface area (Å²) >= 11 is 0. The van der Waals surface area contributed by atoms with E-state index in [1.165, 1.54) is 14.2 Å². The second-order valence-corrected chi connectivity index (χ2v) is 7.74. The molecule has 2 aromatic rings. The molecule has 12 heteroatoms. The first kappa shape index (κ1) is 29.0. The smallest absolute Gasteiger partial charge is 0.338 e. The summed E-state index contributed by atoms with van der Waals surface area (Å²) in [6.07, 6.45) is -2.18. The van der Waals surface area contributed by atoms with Gasteiger partial charge in [-0.1, -0.05) is 53.6 Å². The van der Waals surface area contributed by atoms with Crippen molar-refractivity contribution < 1.29 is 38.1 Å². The molecule has 0 radical (unpaired) electrons. The van der Waals surface area contributed by atoms with E-state index in [1.54, 1.807) is 60.7 Å². The standard InChI is InChI=1S/C25H28N4O8/c1-17(31)37-20(14-30)23(18-10-6-4-7-11-18)29(2)24(32)22(27-28-26)21(36-16-34-3)15-35-25(33)19-12-8-5-9-13-19/h4-14,20-23H,15-16H2,1-3H3/t20-,21+,22-,23+/m0/s1. The second-order valence-electron chi connectivity index (χ2n) is 7.74. The summed E-state index contributed by atoms with van der Waals surface area (Å²) < 4.78 is 20.9. The maximum absolute atomic E-state index is 13.6. The van der Waals surface area contributed by atoms with Gasteiger partial charge in [0.1, 0.15) is 31.6 Å². The van der Waals surface area contributed by atoms with Crippen molar-refractivity contribution in [3.05, 3.63) is 82.2 Å². The summed E-state index contributed by atoms with van der Waals surface area (Å²) in [7, 11) is 2.71. The van der Waals surface area contributed by atoms with Gasteiger partial charge in [-0.3, -0.25) is 14.4 Å². The van der Waals surface area contributed by atoms with Gasteiger partial charge in [0.2, 0.25) is 5.91 Å². The number of rotatable bonds is 14. The molecule has 0 N–H and O–H groups in total. The van der Waals surface area contributed by atoms with Gasteiger partial charge in [-0.2, -0.15) is 0 Å². The van der Waals surface area contributed by atoms with Gasteiger partial charge in [-0.05, 0) is 23.2 Å². The van der Waals surface area contributed by atoms with Crippen LogP contribution in [-0.4, -0.2) is 74.8 Å². The quantitative estimate of drug-likeness (QED) is 0.0933. The van der Waals surface area contributed by atoms with Gasteiger partial charge in [0, 0.05) is 26.0 Å². The number of hydrogen-bond donors (Lipinski definition) is 0. The molecule has 0 aliphatic heterocycles. The van der Waals surface area contributed by atoms with Crippen molar-refractivity contribution in [3.8, 4) is 0 Å². The molecule has 0 spiro atoms. The Morgan fingerprint density at radius 1 is 1.08 bits per heavy atom. The second kappa shape index (κ2) is 15.0. The normalized spacial score (nSPS) is 13.7. The third-order valence-corrected chi connectivity index (χ3v) is 5.22. The fraction of sp³-hybridized carbons (Fsp3) is 0.360. The number of hydrogen-bond acceptors (Lipinski definition) is 9. The van der Waals surface area contributed by atoms with Crippen LogP contribution in [0.1, 0.15) is 28.9 Å². The van der Waals surface area contributed by atoms with E-state index >= 15 is 0 Å². The molecular formula is C25H28N4O8. The highest BCUT2D eigenvalue weighted by molar-refractivity contribution is 5.89. The molecule has 2 rings (SSSR count). The molecule has 0 saturated carbocycles. The summed E-state index contributed by atoms with van der Waals surface area (Å²) in [4.78, 5) is 53.4. The van der Waals surface area contributed by atoms with Crippen LogP contribution in [0.5, 0.6) is 0 Å². The summed E-state index contributed by atoms with van der Waals surface area (Å²) in [5, 5.41) is 3.59. The molecule has 37 heavy (non-hydrogen) atoms. The molecular weight excluding hydrogens is 484 g/mol. The van der Waals surface area contributed by atoms with Crippen molar-refractivity contribution in [3.63, 3.8) is 0 Å². The first-order chi connectivity index (χ1) is 17.8. The molecule has 0 aromatic heterocycles. The van der Waals surface area contributed by atoms with Crippen molar-refractivity contribution in [2.45, 2.75) is 31.2 Å². The minimum atomic E-state index is -1.52. The first-order valence-corrected chi connectivity index (χ1v) is 11.1. The Balaban J connectivity index is 2.37. The number of aldehydes is 1. The Morgan fingerprint density at radius 2 is 1.70 bits per heavy atom. The third kappa shape index (κ3) is 8.43. The van der Waals surface area contributed by atoms with Gasteiger partial charge in [-0.25, -0.2) is 4.79 Å². The number of nitrogens with zero attached hydrogens (tertiary/aromatic N) is 4. The maximum Gasteiger partial charge on any atom is 0.338 e. The zero-order valence-electron chi connectivity index (χ0n) is 20.6. The summed E-state index contributed by atoms with van der Waals surface area (Å²) in [5.41, 5.74) is 9.96. The molecule has 0 fully saturated rings. The number of benzene rings is 2. The number of azide groups is 1. The Hall–Kier alpha value is -4.25. The van der Waals surface area contributed by atoms with E-state index in [0.717, 1.165) is 11.8 Å². The number of esters is 2. The topological polar surface area (TPSA) is 157 Å². The molecule has 0 heterocycles. The minimum Gasteiger partial charge on any atom is -0.459 e.